The molecule has 1 aliphatic rings. The van der Waals surface area contributed by atoms with Crippen molar-refractivity contribution in [1.82, 2.24) is 0 Å². The van der Waals surface area contributed by atoms with Crippen LogP contribution in [-0.4, -0.2) is 6.61 Å². The molecule has 100 valence electrons. The molecule has 0 heterocycles. The molecule has 0 aliphatic heterocycles. The Hall–Kier alpha value is -1.02. The van der Waals surface area contributed by atoms with E-state index in [9.17, 15) is 0 Å². The second kappa shape index (κ2) is 5.31. The number of hydrogen-bond donors (Lipinski definition) is 1. The van der Waals surface area contributed by atoms with Gasteiger partial charge in [-0.3, -0.25) is 0 Å². The maximum absolute atomic E-state index is 6.26. The summed E-state index contributed by atoms with van der Waals surface area (Å²) in [5, 5.41) is 0. The molecule has 1 unspecified atom stereocenters. The van der Waals surface area contributed by atoms with E-state index in [1.807, 2.05) is 6.92 Å². The third-order valence-electron chi connectivity index (χ3n) is 4.59. The maximum Gasteiger partial charge on any atom is 0.119 e. The molecule has 1 atom stereocenters. The van der Waals surface area contributed by atoms with Crippen LogP contribution in [0.5, 0.6) is 5.75 Å². The molecule has 0 saturated carbocycles. The van der Waals surface area contributed by atoms with Crippen molar-refractivity contribution in [3.63, 3.8) is 0 Å². The summed E-state index contributed by atoms with van der Waals surface area (Å²) in [4.78, 5) is 0. The first-order valence-electron chi connectivity index (χ1n) is 7.19. The first-order valence-corrected chi connectivity index (χ1v) is 7.19. The molecular weight excluding hydrogens is 222 g/mol. The second-order valence-electron chi connectivity index (χ2n) is 5.31. The Morgan fingerprint density at radius 1 is 1.28 bits per heavy atom. The van der Waals surface area contributed by atoms with Crippen molar-refractivity contribution in [2.24, 2.45) is 5.73 Å². The van der Waals surface area contributed by atoms with Gasteiger partial charge in [-0.05, 0) is 61.3 Å². The smallest absolute Gasteiger partial charge is 0.119 e. The topological polar surface area (TPSA) is 35.2 Å². The fraction of sp³-hybridized carbons (Fsp3) is 0.625. The van der Waals surface area contributed by atoms with Gasteiger partial charge in [-0.2, -0.15) is 0 Å². The zero-order chi connectivity index (χ0) is 13.2. The van der Waals surface area contributed by atoms with Crippen LogP contribution in [0, 0.1) is 0 Å². The minimum absolute atomic E-state index is 0.196. The summed E-state index contributed by atoms with van der Waals surface area (Å²) >= 11 is 0. The average Bonchev–Trinajstić information content (AvgIpc) is 2.40. The summed E-state index contributed by atoms with van der Waals surface area (Å²) in [5.74, 6) is 0.983. The van der Waals surface area contributed by atoms with Crippen LogP contribution in [0.2, 0.25) is 0 Å². The van der Waals surface area contributed by atoms with Gasteiger partial charge in [0, 0.05) is 6.04 Å². The molecule has 0 spiro atoms. The van der Waals surface area contributed by atoms with Crippen molar-refractivity contribution in [2.75, 3.05) is 6.61 Å². The molecule has 1 aromatic carbocycles. The molecular formula is C16H25NO. The summed E-state index contributed by atoms with van der Waals surface area (Å²) in [7, 11) is 0. The fourth-order valence-corrected chi connectivity index (χ4v) is 3.28. The van der Waals surface area contributed by atoms with Gasteiger partial charge in [-0.1, -0.05) is 19.9 Å². The van der Waals surface area contributed by atoms with Crippen molar-refractivity contribution in [3.8, 4) is 5.75 Å². The summed E-state index contributed by atoms with van der Waals surface area (Å²) in [6.07, 6.45) is 4.66. The van der Waals surface area contributed by atoms with Crippen molar-refractivity contribution >= 4 is 0 Å². The van der Waals surface area contributed by atoms with Crippen LogP contribution < -0.4 is 10.5 Å². The minimum Gasteiger partial charge on any atom is -0.494 e. The standard InChI is InChI=1S/C16H25NO/c1-4-16(5-2)10-9-15(17)13-8-7-12(18-6-3)11-14(13)16/h7-8,11,15H,4-6,9-10,17H2,1-3H3. The molecule has 2 N–H and O–H groups in total. The predicted octanol–water partition coefficient (Wildman–Crippen LogP) is 3.94. The lowest BCUT2D eigenvalue weighted by atomic mass is 9.65. The molecule has 1 aromatic rings. The quantitative estimate of drug-likeness (QED) is 0.874. The summed E-state index contributed by atoms with van der Waals surface area (Å²) in [5.41, 5.74) is 9.32. The van der Waals surface area contributed by atoms with Crippen molar-refractivity contribution in [1.29, 1.82) is 0 Å². The van der Waals surface area contributed by atoms with E-state index in [1.54, 1.807) is 0 Å². The monoisotopic (exact) mass is 247 g/mol. The Bertz CT molecular complexity index is 410. The van der Waals surface area contributed by atoms with E-state index in [4.69, 9.17) is 10.5 Å². The number of fused-ring (bicyclic) bond motifs is 1. The van der Waals surface area contributed by atoms with Gasteiger partial charge in [-0.15, -0.1) is 0 Å². The zero-order valence-corrected chi connectivity index (χ0v) is 11.8. The molecule has 1 aliphatic carbocycles. The molecule has 18 heavy (non-hydrogen) atoms. The van der Waals surface area contributed by atoms with Crippen molar-refractivity contribution in [3.05, 3.63) is 29.3 Å². The summed E-state index contributed by atoms with van der Waals surface area (Å²) in [6, 6.07) is 6.65. The van der Waals surface area contributed by atoms with Crippen molar-refractivity contribution < 1.29 is 4.74 Å². The number of rotatable bonds is 4. The molecule has 2 heteroatoms. The van der Waals surface area contributed by atoms with E-state index in [1.165, 1.54) is 30.4 Å². The van der Waals surface area contributed by atoms with Crippen LogP contribution in [0.15, 0.2) is 18.2 Å². The lowest BCUT2D eigenvalue weighted by Gasteiger charge is -2.40. The maximum atomic E-state index is 6.26. The van der Waals surface area contributed by atoms with Gasteiger partial charge in [0.2, 0.25) is 0 Å². The van der Waals surface area contributed by atoms with E-state index < -0.39 is 0 Å². The van der Waals surface area contributed by atoms with Crippen LogP contribution in [0.3, 0.4) is 0 Å². The zero-order valence-electron chi connectivity index (χ0n) is 11.8. The fourth-order valence-electron chi connectivity index (χ4n) is 3.28. The third-order valence-corrected chi connectivity index (χ3v) is 4.59. The first kappa shape index (κ1) is 13.4. The van der Waals surface area contributed by atoms with Crippen LogP contribution in [0.4, 0.5) is 0 Å². The van der Waals surface area contributed by atoms with Crippen LogP contribution in [0.1, 0.15) is 63.6 Å². The largest absolute Gasteiger partial charge is 0.494 e. The summed E-state index contributed by atoms with van der Waals surface area (Å²) < 4.78 is 5.65. The molecule has 2 rings (SSSR count). The molecule has 0 saturated heterocycles. The highest BCUT2D eigenvalue weighted by Gasteiger charge is 2.36. The van der Waals surface area contributed by atoms with E-state index in [0.717, 1.165) is 18.8 Å². The van der Waals surface area contributed by atoms with E-state index in [0.29, 0.717) is 5.41 Å². The van der Waals surface area contributed by atoms with Crippen molar-refractivity contribution in [2.45, 2.75) is 57.9 Å². The lowest BCUT2D eigenvalue weighted by Crippen LogP contribution is -2.33. The van der Waals surface area contributed by atoms with Crippen LogP contribution in [0.25, 0.3) is 0 Å². The molecule has 0 radical (unpaired) electrons. The van der Waals surface area contributed by atoms with Crippen LogP contribution >= 0.6 is 0 Å². The third kappa shape index (κ3) is 2.14. The number of ether oxygens (including phenoxy) is 1. The number of benzene rings is 1. The second-order valence-corrected chi connectivity index (χ2v) is 5.31. The summed E-state index contributed by atoms with van der Waals surface area (Å²) in [6.45, 7) is 7.32. The average molecular weight is 247 g/mol. The van der Waals surface area contributed by atoms with Crippen LogP contribution in [-0.2, 0) is 5.41 Å². The Balaban J connectivity index is 2.49. The molecule has 0 amide bonds. The van der Waals surface area contributed by atoms with E-state index >= 15 is 0 Å². The Kier molecular flexibility index (Phi) is 3.96. The molecule has 0 aromatic heterocycles. The van der Waals surface area contributed by atoms with Gasteiger partial charge in [0.1, 0.15) is 5.75 Å². The first-order chi connectivity index (χ1) is 8.66. The Labute approximate surface area is 111 Å². The van der Waals surface area contributed by atoms with Gasteiger partial charge in [0.15, 0.2) is 0 Å². The SMILES string of the molecule is CCOc1ccc2c(c1)C(CC)(CC)CCC2N. The molecule has 0 fully saturated rings. The van der Waals surface area contributed by atoms with E-state index in [2.05, 4.69) is 32.0 Å². The van der Waals surface area contributed by atoms with Gasteiger partial charge in [0.25, 0.3) is 0 Å². The number of hydrogen-bond acceptors (Lipinski definition) is 2. The number of nitrogens with two attached hydrogens (primary N) is 1. The van der Waals surface area contributed by atoms with Gasteiger partial charge in [-0.25, -0.2) is 0 Å². The highest BCUT2D eigenvalue weighted by molar-refractivity contribution is 5.44. The van der Waals surface area contributed by atoms with Gasteiger partial charge >= 0.3 is 0 Å². The molecule has 0 bridgehead atoms. The molecule has 2 nitrogen and oxygen atoms in total. The Morgan fingerprint density at radius 3 is 2.61 bits per heavy atom. The highest BCUT2D eigenvalue weighted by Crippen LogP contribution is 2.46. The Morgan fingerprint density at radius 2 is 2.00 bits per heavy atom. The minimum atomic E-state index is 0.196. The lowest BCUT2D eigenvalue weighted by molar-refractivity contribution is 0.307. The predicted molar refractivity (Wildman–Crippen MR) is 76.0 cm³/mol. The highest BCUT2D eigenvalue weighted by atomic mass is 16.5. The van der Waals surface area contributed by atoms with Gasteiger partial charge in [0.05, 0.1) is 6.61 Å². The van der Waals surface area contributed by atoms with E-state index in [-0.39, 0.29) is 6.04 Å². The van der Waals surface area contributed by atoms with Gasteiger partial charge < -0.3 is 10.5 Å². The normalized spacial score (nSPS) is 21.4.